The number of fused-ring (bicyclic) bond motifs is 1. The summed E-state index contributed by atoms with van der Waals surface area (Å²) in [5, 5.41) is 3.21. The van der Waals surface area contributed by atoms with Gasteiger partial charge in [0.05, 0.1) is 7.11 Å². The number of nitrogens with zero attached hydrogens (tertiary/aromatic N) is 2. The van der Waals surface area contributed by atoms with Gasteiger partial charge in [-0.3, -0.25) is 0 Å². The van der Waals surface area contributed by atoms with Gasteiger partial charge in [-0.1, -0.05) is 12.1 Å². The van der Waals surface area contributed by atoms with Crippen LogP contribution in [0.25, 0.3) is 21.3 Å². The molecule has 0 unspecified atom stereocenters. The van der Waals surface area contributed by atoms with Crippen LogP contribution in [0, 0.1) is 0 Å². The topological polar surface area (TPSA) is 35.0 Å². The SMILES string of the molecule is COc1ccc(-c2csc3ncncc23)cc1. The Morgan fingerprint density at radius 1 is 1.18 bits per heavy atom. The fraction of sp³-hybridized carbons (Fsp3) is 0.0769. The lowest BCUT2D eigenvalue weighted by molar-refractivity contribution is 0.415. The standard InChI is InChI=1S/C13H10N2OS/c1-16-10-4-2-9(3-5-10)12-7-17-13-11(12)6-14-8-15-13/h2-8H,1H3. The summed E-state index contributed by atoms with van der Waals surface area (Å²) in [5.74, 6) is 0.865. The molecule has 0 saturated heterocycles. The van der Waals surface area contributed by atoms with Gasteiger partial charge in [-0.2, -0.15) is 0 Å². The molecule has 2 heterocycles. The van der Waals surface area contributed by atoms with Crippen molar-refractivity contribution in [2.45, 2.75) is 0 Å². The summed E-state index contributed by atoms with van der Waals surface area (Å²) in [6, 6.07) is 8.02. The number of methoxy groups -OCH3 is 1. The molecule has 84 valence electrons. The lowest BCUT2D eigenvalue weighted by Gasteiger charge is -2.02. The fourth-order valence-corrected chi connectivity index (χ4v) is 2.66. The molecule has 0 fully saturated rings. The number of hydrogen-bond donors (Lipinski definition) is 0. The average Bonchev–Trinajstić information content (AvgIpc) is 2.83. The largest absolute Gasteiger partial charge is 0.497 e. The molecular weight excluding hydrogens is 232 g/mol. The Morgan fingerprint density at radius 3 is 2.76 bits per heavy atom. The van der Waals surface area contributed by atoms with Crippen molar-refractivity contribution in [1.82, 2.24) is 9.97 Å². The third-order valence-electron chi connectivity index (χ3n) is 2.66. The molecule has 0 atom stereocenters. The van der Waals surface area contributed by atoms with E-state index >= 15 is 0 Å². The van der Waals surface area contributed by atoms with Crippen molar-refractivity contribution in [3.8, 4) is 16.9 Å². The Kier molecular flexibility index (Phi) is 2.49. The van der Waals surface area contributed by atoms with Crippen LogP contribution >= 0.6 is 11.3 Å². The van der Waals surface area contributed by atoms with Crippen molar-refractivity contribution < 1.29 is 4.74 Å². The van der Waals surface area contributed by atoms with Gasteiger partial charge in [0, 0.05) is 22.5 Å². The van der Waals surface area contributed by atoms with Crippen molar-refractivity contribution in [2.24, 2.45) is 0 Å². The Bertz CT molecular complexity index is 646. The molecule has 0 amide bonds. The minimum Gasteiger partial charge on any atom is -0.497 e. The van der Waals surface area contributed by atoms with Gasteiger partial charge in [-0.15, -0.1) is 11.3 Å². The van der Waals surface area contributed by atoms with E-state index in [0.717, 1.165) is 21.5 Å². The first-order valence-electron chi connectivity index (χ1n) is 5.20. The summed E-state index contributed by atoms with van der Waals surface area (Å²) >= 11 is 1.64. The van der Waals surface area contributed by atoms with Crippen LogP contribution in [0.2, 0.25) is 0 Å². The van der Waals surface area contributed by atoms with Crippen molar-refractivity contribution >= 4 is 21.6 Å². The van der Waals surface area contributed by atoms with Crippen molar-refractivity contribution in [1.29, 1.82) is 0 Å². The first-order valence-corrected chi connectivity index (χ1v) is 6.08. The van der Waals surface area contributed by atoms with E-state index in [2.05, 4.69) is 15.3 Å². The molecule has 1 aromatic carbocycles. The van der Waals surface area contributed by atoms with E-state index in [1.54, 1.807) is 24.8 Å². The zero-order valence-electron chi connectivity index (χ0n) is 9.25. The van der Waals surface area contributed by atoms with E-state index in [1.807, 2.05) is 30.5 Å². The molecule has 0 aliphatic carbocycles. The zero-order chi connectivity index (χ0) is 11.7. The Balaban J connectivity index is 2.13. The zero-order valence-corrected chi connectivity index (χ0v) is 10.1. The van der Waals surface area contributed by atoms with E-state index in [4.69, 9.17) is 4.74 Å². The van der Waals surface area contributed by atoms with Gasteiger partial charge < -0.3 is 4.74 Å². The first-order chi connectivity index (χ1) is 8.38. The molecule has 0 N–H and O–H groups in total. The lowest BCUT2D eigenvalue weighted by atomic mass is 10.1. The maximum absolute atomic E-state index is 5.15. The van der Waals surface area contributed by atoms with Gasteiger partial charge in [-0.25, -0.2) is 9.97 Å². The van der Waals surface area contributed by atoms with Gasteiger partial charge in [0.25, 0.3) is 0 Å². The van der Waals surface area contributed by atoms with Gasteiger partial charge >= 0.3 is 0 Å². The Labute approximate surface area is 103 Å². The predicted octanol–water partition coefficient (Wildman–Crippen LogP) is 3.37. The van der Waals surface area contributed by atoms with Crippen LogP contribution < -0.4 is 4.74 Å². The van der Waals surface area contributed by atoms with Gasteiger partial charge in [0.15, 0.2) is 0 Å². The normalized spacial score (nSPS) is 10.6. The minimum absolute atomic E-state index is 0.865. The highest BCUT2D eigenvalue weighted by Gasteiger charge is 2.07. The quantitative estimate of drug-likeness (QED) is 0.691. The second kappa shape index (κ2) is 4.14. The highest BCUT2D eigenvalue weighted by molar-refractivity contribution is 7.17. The summed E-state index contributed by atoms with van der Waals surface area (Å²) < 4.78 is 5.15. The monoisotopic (exact) mass is 242 g/mol. The molecule has 3 rings (SSSR count). The smallest absolute Gasteiger partial charge is 0.127 e. The van der Waals surface area contributed by atoms with Crippen LogP contribution in [0.1, 0.15) is 0 Å². The summed E-state index contributed by atoms with van der Waals surface area (Å²) in [6.07, 6.45) is 3.44. The molecule has 0 radical (unpaired) electrons. The third-order valence-corrected chi connectivity index (χ3v) is 3.56. The molecule has 0 saturated carbocycles. The highest BCUT2D eigenvalue weighted by Crippen LogP contribution is 2.32. The Morgan fingerprint density at radius 2 is 2.00 bits per heavy atom. The maximum Gasteiger partial charge on any atom is 0.127 e. The van der Waals surface area contributed by atoms with Crippen LogP contribution in [0.15, 0.2) is 42.2 Å². The molecule has 17 heavy (non-hydrogen) atoms. The number of aromatic nitrogens is 2. The van der Waals surface area contributed by atoms with Crippen molar-refractivity contribution in [3.05, 3.63) is 42.2 Å². The lowest BCUT2D eigenvalue weighted by Crippen LogP contribution is -1.82. The molecule has 0 bridgehead atoms. The van der Waals surface area contributed by atoms with E-state index in [0.29, 0.717) is 0 Å². The van der Waals surface area contributed by atoms with Crippen LogP contribution in [-0.4, -0.2) is 17.1 Å². The number of hydrogen-bond acceptors (Lipinski definition) is 4. The molecule has 3 aromatic rings. The molecule has 2 aromatic heterocycles. The summed E-state index contributed by atoms with van der Waals surface area (Å²) in [6.45, 7) is 0. The average molecular weight is 242 g/mol. The molecule has 3 nitrogen and oxygen atoms in total. The van der Waals surface area contributed by atoms with Crippen LogP contribution in [0.4, 0.5) is 0 Å². The van der Waals surface area contributed by atoms with E-state index < -0.39 is 0 Å². The summed E-state index contributed by atoms with van der Waals surface area (Å²) in [4.78, 5) is 9.34. The van der Waals surface area contributed by atoms with Crippen molar-refractivity contribution in [2.75, 3.05) is 7.11 Å². The van der Waals surface area contributed by atoms with Gasteiger partial charge in [0.1, 0.15) is 16.9 Å². The van der Waals surface area contributed by atoms with E-state index in [9.17, 15) is 0 Å². The number of thiophene rings is 1. The first kappa shape index (κ1) is 10.2. The van der Waals surface area contributed by atoms with Gasteiger partial charge in [0.2, 0.25) is 0 Å². The van der Waals surface area contributed by atoms with Gasteiger partial charge in [-0.05, 0) is 17.7 Å². The van der Waals surface area contributed by atoms with Crippen LogP contribution in [0.5, 0.6) is 5.75 Å². The number of ether oxygens (including phenoxy) is 1. The second-order valence-corrected chi connectivity index (χ2v) is 4.48. The molecule has 0 spiro atoms. The number of rotatable bonds is 2. The fourth-order valence-electron chi connectivity index (χ4n) is 1.77. The molecule has 0 aliphatic heterocycles. The minimum atomic E-state index is 0.865. The maximum atomic E-state index is 5.15. The van der Waals surface area contributed by atoms with Crippen LogP contribution in [0.3, 0.4) is 0 Å². The number of benzene rings is 1. The third kappa shape index (κ3) is 1.76. The summed E-state index contributed by atoms with van der Waals surface area (Å²) in [7, 11) is 1.67. The molecular formula is C13H10N2OS. The predicted molar refractivity (Wildman–Crippen MR) is 69.4 cm³/mol. The second-order valence-electron chi connectivity index (χ2n) is 3.62. The highest BCUT2D eigenvalue weighted by atomic mass is 32.1. The summed E-state index contributed by atoms with van der Waals surface area (Å²) in [5.41, 5.74) is 2.33. The Hall–Kier alpha value is -1.94. The molecule has 4 heteroatoms. The van der Waals surface area contributed by atoms with E-state index in [1.165, 1.54) is 5.56 Å². The van der Waals surface area contributed by atoms with Crippen molar-refractivity contribution in [3.63, 3.8) is 0 Å². The van der Waals surface area contributed by atoms with Crippen LogP contribution in [-0.2, 0) is 0 Å². The van der Waals surface area contributed by atoms with E-state index in [-0.39, 0.29) is 0 Å². The molecule has 0 aliphatic rings.